The van der Waals surface area contributed by atoms with Crippen molar-refractivity contribution in [3.05, 3.63) is 89.5 Å². The van der Waals surface area contributed by atoms with Gasteiger partial charge in [0.05, 0.1) is 6.61 Å². The maximum absolute atomic E-state index is 13.1. The first-order chi connectivity index (χ1) is 11.1. The normalized spacial score (nSPS) is 10.6. The Bertz CT molecular complexity index is 667. The highest BCUT2D eigenvalue weighted by molar-refractivity contribution is 5.85. The van der Waals surface area contributed by atoms with E-state index in [1.54, 1.807) is 43.3 Å². The molecule has 0 aliphatic rings. The van der Waals surface area contributed by atoms with Crippen molar-refractivity contribution < 1.29 is 18.3 Å². The zero-order valence-electron chi connectivity index (χ0n) is 12.6. The highest BCUT2D eigenvalue weighted by atomic mass is 19.1. The number of rotatable bonds is 5. The van der Waals surface area contributed by atoms with Crippen LogP contribution in [0.2, 0.25) is 0 Å². The van der Waals surface area contributed by atoms with Gasteiger partial charge in [0.25, 0.3) is 0 Å². The maximum atomic E-state index is 13.1. The first-order valence-corrected chi connectivity index (χ1v) is 7.17. The molecule has 0 aromatic heterocycles. The number of esters is 1. The van der Waals surface area contributed by atoms with Gasteiger partial charge in [-0.25, -0.2) is 13.6 Å². The molecule has 0 N–H and O–H groups in total. The van der Waals surface area contributed by atoms with Gasteiger partial charge in [0, 0.05) is 6.08 Å². The third kappa shape index (κ3) is 4.88. The van der Waals surface area contributed by atoms with Crippen molar-refractivity contribution in [2.45, 2.75) is 6.92 Å². The lowest BCUT2D eigenvalue weighted by molar-refractivity contribution is -0.137. The van der Waals surface area contributed by atoms with Crippen molar-refractivity contribution in [1.29, 1.82) is 0 Å². The summed E-state index contributed by atoms with van der Waals surface area (Å²) in [5.41, 5.74) is 2.25. The van der Waals surface area contributed by atoms with Crippen LogP contribution in [0.3, 0.4) is 0 Å². The Morgan fingerprint density at radius 3 is 1.87 bits per heavy atom. The molecule has 0 atom stereocenters. The molecule has 0 spiro atoms. The molecule has 2 nitrogen and oxygen atoms in total. The minimum atomic E-state index is -0.443. The minimum Gasteiger partial charge on any atom is -0.463 e. The maximum Gasteiger partial charge on any atom is 0.330 e. The SMILES string of the molecule is CCOC(=O)C=CC=C(c1ccc(F)cc1)c1ccc(F)cc1. The second-order valence-corrected chi connectivity index (χ2v) is 4.71. The van der Waals surface area contributed by atoms with Crippen LogP contribution in [-0.4, -0.2) is 12.6 Å². The zero-order valence-corrected chi connectivity index (χ0v) is 12.6. The molecule has 0 saturated carbocycles. The molecule has 0 heterocycles. The van der Waals surface area contributed by atoms with Crippen molar-refractivity contribution in [2.75, 3.05) is 6.61 Å². The van der Waals surface area contributed by atoms with Gasteiger partial charge in [0.2, 0.25) is 0 Å². The summed E-state index contributed by atoms with van der Waals surface area (Å²) in [4.78, 5) is 11.3. The number of benzene rings is 2. The van der Waals surface area contributed by atoms with Gasteiger partial charge in [-0.1, -0.05) is 36.4 Å². The van der Waals surface area contributed by atoms with E-state index in [9.17, 15) is 13.6 Å². The van der Waals surface area contributed by atoms with Gasteiger partial charge in [-0.2, -0.15) is 0 Å². The van der Waals surface area contributed by atoms with Crippen LogP contribution in [-0.2, 0) is 9.53 Å². The molecule has 0 saturated heterocycles. The summed E-state index contributed by atoms with van der Waals surface area (Å²) >= 11 is 0. The van der Waals surface area contributed by atoms with Crippen LogP contribution < -0.4 is 0 Å². The van der Waals surface area contributed by atoms with E-state index in [0.717, 1.165) is 16.7 Å². The third-order valence-corrected chi connectivity index (χ3v) is 3.09. The number of halogens is 2. The summed E-state index contributed by atoms with van der Waals surface area (Å²) in [7, 11) is 0. The third-order valence-electron chi connectivity index (χ3n) is 3.09. The van der Waals surface area contributed by atoms with Gasteiger partial charge in [-0.15, -0.1) is 0 Å². The van der Waals surface area contributed by atoms with Crippen LogP contribution in [0.25, 0.3) is 5.57 Å². The molecular formula is C19H16F2O2. The monoisotopic (exact) mass is 314 g/mol. The Hall–Kier alpha value is -2.75. The van der Waals surface area contributed by atoms with Gasteiger partial charge in [-0.3, -0.25) is 0 Å². The first-order valence-electron chi connectivity index (χ1n) is 7.17. The predicted molar refractivity (Wildman–Crippen MR) is 85.7 cm³/mol. The molecule has 23 heavy (non-hydrogen) atoms. The molecule has 0 aliphatic carbocycles. The number of hydrogen-bond donors (Lipinski definition) is 0. The largest absolute Gasteiger partial charge is 0.463 e. The van der Waals surface area contributed by atoms with Gasteiger partial charge in [0.1, 0.15) is 11.6 Å². The molecule has 0 bridgehead atoms. The van der Waals surface area contributed by atoms with E-state index in [1.807, 2.05) is 0 Å². The molecule has 2 rings (SSSR count). The number of ether oxygens (including phenoxy) is 1. The minimum absolute atomic E-state index is 0.301. The summed E-state index contributed by atoms with van der Waals surface area (Å²) in [5.74, 6) is -1.12. The lowest BCUT2D eigenvalue weighted by Crippen LogP contribution is -1.98. The second kappa shape index (κ2) is 8.03. The molecule has 0 aliphatic heterocycles. The fourth-order valence-corrected chi connectivity index (χ4v) is 2.03. The van der Waals surface area contributed by atoms with Crippen LogP contribution in [0, 0.1) is 11.6 Å². The van der Waals surface area contributed by atoms with E-state index >= 15 is 0 Å². The van der Waals surface area contributed by atoms with E-state index in [0.29, 0.717) is 6.61 Å². The summed E-state index contributed by atoms with van der Waals surface area (Å²) in [6.07, 6.45) is 4.56. The van der Waals surface area contributed by atoms with Crippen LogP contribution >= 0.6 is 0 Å². The predicted octanol–water partition coefficient (Wildman–Crippen LogP) is 4.52. The van der Waals surface area contributed by atoms with Crippen molar-refractivity contribution in [3.63, 3.8) is 0 Å². The molecule has 0 unspecified atom stereocenters. The fraction of sp³-hybridized carbons (Fsp3) is 0.105. The van der Waals surface area contributed by atoms with Crippen molar-refractivity contribution in [1.82, 2.24) is 0 Å². The van der Waals surface area contributed by atoms with Crippen LogP contribution in [0.1, 0.15) is 18.1 Å². The van der Waals surface area contributed by atoms with Crippen LogP contribution in [0.4, 0.5) is 8.78 Å². The van der Waals surface area contributed by atoms with E-state index in [1.165, 1.54) is 30.3 Å². The number of carbonyl (C=O) groups is 1. The summed E-state index contributed by atoms with van der Waals surface area (Å²) in [6.45, 7) is 2.03. The fourth-order valence-electron chi connectivity index (χ4n) is 2.03. The lowest BCUT2D eigenvalue weighted by Gasteiger charge is -2.08. The summed E-state index contributed by atoms with van der Waals surface area (Å²) in [6, 6.07) is 11.9. The quantitative estimate of drug-likeness (QED) is 0.461. The first kappa shape index (κ1) is 16.6. The van der Waals surface area contributed by atoms with Crippen LogP contribution in [0.5, 0.6) is 0 Å². The molecule has 2 aromatic rings. The smallest absolute Gasteiger partial charge is 0.330 e. The van der Waals surface area contributed by atoms with Gasteiger partial charge < -0.3 is 4.74 Å². The van der Waals surface area contributed by atoms with Crippen LogP contribution in [0.15, 0.2) is 66.8 Å². The standard InChI is InChI=1S/C19H16F2O2/c1-2-23-19(22)5-3-4-18(14-6-10-16(20)11-7-14)15-8-12-17(21)13-9-15/h3-13H,2H2,1H3. The molecule has 0 fully saturated rings. The Balaban J connectivity index is 2.36. The lowest BCUT2D eigenvalue weighted by atomic mass is 9.97. The Morgan fingerprint density at radius 1 is 0.957 bits per heavy atom. The molecule has 2 aromatic carbocycles. The molecule has 0 radical (unpaired) electrons. The Morgan fingerprint density at radius 2 is 1.43 bits per heavy atom. The van der Waals surface area contributed by atoms with Crippen molar-refractivity contribution >= 4 is 11.5 Å². The topological polar surface area (TPSA) is 26.3 Å². The highest BCUT2D eigenvalue weighted by Gasteiger charge is 2.05. The molecule has 0 amide bonds. The van der Waals surface area contributed by atoms with Crippen molar-refractivity contribution in [2.24, 2.45) is 0 Å². The average Bonchev–Trinajstić information content (AvgIpc) is 2.54. The van der Waals surface area contributed by atoms with Gasteiger partial charge in [-0.05, 0) is 47.9 Å². The summed E-state index contributed by atoms with van der Waals surface area (Å²) < 4.78 is 31.0. The number of hydrogen-bond acceptors (Lipinski definition) is 2. The second-order valence-electron chi connectivity index (χ2n) is 4.71. The summed E-state index contributed by atoms with van der Waals surface area (Å²) in [5, 5.41) is 0. The number of carbonyl (C=O) groups excluding carboxylic acids is 1. The van der Waals surface area contributed by atoms with Gasteiger partial charge >= 0.3 is 5.97 Å². The average molecular weight is 314 g/mol. The number of allylic oxidation sites excluding steroid dienone is 2. The van der Waals surface area contributed by atoms with E-state index in [2.05, 4.69) is 0 Å². The van der Waals surface area contributed by atoms with Gasteiger partial charge in [0.15, 0.2) is 0 Å². The van der Waals surface area contributed by atoms with E-state index in [-0.39, 0.29) is 11.6 Å². The molecular weight excluding hydrogens is 298 g/mol. The van der Waals surface area contributed by atoms with E-state index < -0.39 is 5.97 Å². The zero-order chi connectivity index (χ0) is 16.7. The Labute approximate surface area is 133 Å². The Kier molecular flexibility index (Phi) is 5.80. The van der Waals surface area contributed by atoms with E-state index in [4.69, 9.17) is 4.74 Å². The highest BCUT2D eigenvalue weighted by Crippen LogP contribution is 2.24. The molecule has 4 heteroatoms. The molecule has 118 valence electrons. The van der Waals surface area contributed by atoms with Crippen molar-refractivity contribution in [3.8, 4) is 0 Å².